The summed E-state index contributed by atoms with van der Waals surface area (Å²) in [4.78, 5) is 23.4. The van der Waals surface area contributed by atoms with Gasteiger partial charge in [0.05, 0.1) is 12.1 Å². The topological polar surface area (TPSA) is 96.2 Å². The van der Waals surface area contributed by atoms with E-state index in [0.29, 0.717) is 18.8 Å². The fraction of sp³-hybridized carbons (Fsp3) is 0.579. The van der Waals surface area contributed by atoms with Gasteiger partial charge in [-0.05, 0) is 40.0 Å². The smallest absolute Gasteiger partial charge is 0.224 e. The van der Waals surface area contributed by atoms with Crippen LogP contribution < -0.4 is 15.5 Å². The monoisotopic (exact) mass is 372 g/mol. The van der Waals surface area contributed by atoms with Gasteiger partial charge in [0.2, 0.25) is 5.91 Å². The SMILES string of the molecule is Cc1nc(NCCNC(=O)Cc2c(C)noc2C)cc(N2CCCCC2)n1. The number of amides is 1. The van der Waals surface area contributed by atoms with Crippen LogP contribution in [0.3, 0.4) is 0 Å². The third-order valence-electron chi connectivity index (χ3n) is 4.78. The van der Waals surface area contributed by atoms with Gasteiger partial charge in [-0.15, -0.1) is 0 Å². The van der Waals surface area contributed by atoms with Crippen molar-refractivity contribution in [3.05, 3.63) is 28.9 Å². The Morgan fingerprint density at radius 2 is 1.93 bits per heavy atom. The molecule has 1 aliphatic rings. The molecular formula is C19H28N6O2. The molecule has 2 N–H and O–H groups in total. The number of anilines is 2. The molecule has 0 aliphatic carbocycles. The van der Waals surface area contributed by atoms with E-state index in [1.165, 1.54) is 19.3 Å². The molecule has 0 saturated carbocycles. The summed E-state index contributed by atoms with van der Waals surface area (Å²) in [6.45, 7) is 8.79. The Morgan fingerprint density at radius 3 is 2.63 bits per heavy atom. The molecule has 1 amide bonds. The van der Waals surface area contributed by atoms with Gasteiger partial charge in [-0.3, -0.25) is 4.79 Å². The van der Waals surface area contributed by atoms with Crippen LogP contribution in [0.15, 0.2) is 10.6 Å². The molecule has 0 radical (unpaired) electrons. The summed E-state index contributed by atoms with van der Waals surface area (Å²) in [6, 6.07) is 1.99. The van der Waals surface area contributed by atoms with Crippen molar-refractivity contribution in [2.45, 2.75) is 46.5 Å². The number of hydrogen-bond donors (Lipinski definition) is 2. The van der Waals surface area contributed by atoms with Gasteiger partial charge in [0, 0.05) is 37.8 Å². The third kappa shape index (κ3) is 5.18. The van der Waals surface area contributed by atoms with Crippen LogP contribution in [0.4, 0.5) is 11.6 Å². The van der Waals surface area contributed by atoms with E-state index in [0.717, 1.165) is 41.8 Å². The first-order chi connectivity index (χ1) is 13.0. The molecule has 146 valence electrons. The van der Waals surface area contributed by atoms with Gasteiger partial charge in [0.15, 0.2) is 0 Å². The van der Waals surface area contributed by atoms with E-state index in [1.54, 1.807) is 0 Å². The van der Waals surface area contributed by atoms with Gasteiger partial charge in [-0.1, -0.05) is 5.16 Å². The molecule has 2 aromatic heterocycles. The Labute approximate surface area is 159 Å². The van der Waals surface area contributed by atoms with Crippen LogP contribution in [0, 0.1) is 20.8 Å². The predicted molar refractivity (Wildman–Crippen MR) is 104 cm³/mol. The first-order valence-corrected chi connectivity index (χ1v) is 9.56. The second-order valence-corrected chi connectivity index (χ2v) is 6.96. The lowest BCUT2D eigenvalue weighted by molar-refractivity contribution is -0.120. The number of piperidine rings is 1. The zero-order valence-corrected chi connectivity index (χ0v) is 16.3. The number of hydrogen-bond acceptors (Lipinski definition) is 7. The Kier molecular flexibility index (Phi) is 6.26. The van der Waals surface area contributed by atoms with Crippen molar-refractivity contribution in [1.82, 2.24) is 20.4 Å². The van der Waals surface area contributed by atoms with Crippen LogP contribution in [-0.4, -0.2) is 47.2 Å². The fourth-order valence-electron chi connectivity index (χ4n) is 3.30. The van der Waals surface area contributed by atoms with Crippen molar-refractivity contribution in [3.63, 3.8) is 0 Å². The highest BCUT2D eigenvalue weighted by Gasteiger charge is 2.14. The van der Waals surface area contributed by atoms with Gasteiger partial charge in [0.25, 0.3) is 0 Å². The number of rotatable bonds is 7. The first kappa shape index (κ1) is 19.1. The summed E-state index contributed by atoms with van der Waals surface area (Å²) in [6.07, 6.45) is 4.00. The lowest BCUT2D eigenvalue weighted by Crippen LogP contribution is -2.31. The van der Waals surface area contributed by atoms with Gasteiger partial charge in [0.1, 0.15) is 23.2 Å². The summed E-state index contributed by atoms with van der Waals surface area (Å²) >= 11 is 0. The van der Waals surface area contributed by atoms with Crippen molar-refractivity contribution >= 4 is 17.5 Å². The van der Waals surface area contributed by atoms with Crippen LogP contribution in [0.25, 0.3) is 0 Å². The maximum absolute atomic E-state index is 12.1. The predicted octanol–water partition coefficient (Wildman–Crippen LogP) is 2.15. The Balaban J connectivity index is 1.47. The van der Waals surface area contributed by atoms with Gasteiger partial charge < -0.3 is 20.1 Å². The molecule has 0 spiro atoms. The molecule has 0 unspecified atom stereocenters. The molecule has 1 aliphatic heterocycles. The van der Waals surface area contributed by atoms with Crippen molar-refractivity contribution in [2.75, 3.05) is 36.4 Å². The van der Waals surface area contributed by atoms with Gasteiger partial charge >= 0.3 is 0 Å². The van der Waals surface area contributed by atoms with E-state index >= 15 is 0 Å². The standard InChI is InChI=1S/C19H28N6O2/c1-13-16(14(2)27-24-13)11-19(26)21-8-7-20-17-12-18(23-15(3)22-17)25-9-5-4-6-10-25/h12H,4-11H2,1-3H3,(H,21,26)(H,20,22,23). The second-order valence-electron chi connectivity index (χ2n) is 6.96. The Hall–Kier alpha value is -2.64. The van der Waals surface area contributed by atoms with Crippen molar-refractivity contribution in [3.8, 4) is 0 Å². The molecule has 0 bridgehead atoms. The van der Waals surface area contributed by atoms with E-state index in [-0.39, 0.29) is 12.3 Å². The molecule has 8 heteroatoms. The van der Waals surface area contributed by atoms with Crippen LogP contribution in [0.2, 0.25) is 0 Å². The first-order valence-electron chi connectivity index (χ1n) is 9.56. The van der Waals surface area contributed by atoms with Gasteiger partial charge in [-0.2, -0.15) is 0 Å². The molecule has 27 heavy (non-hydrogen) atoms. The van der Waals surface area contributed by atoms with E-state index in [1.807, 2.05) is 26.8 Å². The summed E-state index contributed by atoms with van der Waals surface area (Å²) in [5.41, 5.74) is 1.63. The van der Waals surface area contributed by atoms with Crippen LogP contribution >= 0.6 is 0 Å². The number of aromatic nitrogens is 3. The summed E-state index contributed by atoms with van der Waals surface area (Å²) < 4.78 is 5.09. The maximum Gasteiger partial charge on any atom is 0.224 e. The van der Waals surface area contributed by atoms with E-state index in [9.17, 15) is 4.79 Å². The zero-order chi connectivity index (χ0) is 19.2. The highest BCUT2D eigenvalue weighted by Crippen LogP contribution is 2.20. The van der Waals surface area contributed by atoms with Gasteiger partial charge in [-0.25, -0.2) is 9.97 Å². The third-order valence-corrected chi connectivity index (χ3v) is 4.78. The molecule has 8 nitrogen and oxygen atoms in total. The van der Waals surface area contributed by atoms with E-state index in [4.69, 9.17) is 4.52 Å². The van der Waals surface area contributed by atoms with Crippen molar-refractivity contribution in [2.24, 2.45) is 0 Å². The Morgan fingerprint density at radius 1 is 1.15 bits per heavy atom. The minimum Gasteiger partial charge on any atom is -0.368 e. The van der Waals surface area contributed by atoms with Crippen molar-refractivity contribution in [1.29, 1.82) is 0 Å². The molecular weight excluding hydrogens is 344 g/mol. The highest BCUT2D eigenvalue weighted by atomic mass is 16.5. The lowest BCUT2D eigenvalue weighted by atomic mass is 10.1. The zero-order valence-electron chi connectivity index (χ0n) is 16.3. The molecule has 3 heterocycles. The number of nitrogens with zero attached hydrogens (tertiary/aromatic N) is 4. The minimum atomic E-state index is -0.0425. The van der Waals surface area contributed by atoms with Crippen molar-refractivity contribution < 1.29 is 9.32 Å². The Bertz CT molecular complexity index is 763. The molecule has 0 aromatic carbocycles. The quantitative estimate of drug-likeness (QED) is 0.719. The van der Waals surface area contributed by atoms with Crippen LogP contribution in [-0.2, 0) is 11.2 Å². The number of carbonyl (C=O) groups excluding carboxylic acids is 1. The molecule has 2 aromatic rings. The summed E-state index contributed by atoms with van der Waals surface area (Å²) in [7, 11) is 0. The maximum atomic E-state index is 12.1. The fourth-order valence-corrected chi connectivity index (χ4v) is 3.30. The van der Waals surface area contributed by atoms with E-state index in [2.05, 4.69) is 30.7 Å². The normalized spacial score (nSPS) is 14.3. The highest BCUT2D eigenvalue weighted by molar-refractivity contribution is 5.79. The summed E-state index contributed by atoms with van der Waals surface area (Å²) in [5, 5.41) is 10.1. The molecule has 1 saturated heterocycles. The minimum absolute atomic E-state index is 0.0425. The van der Waals surface area contributed by atoms with Crippen LogP contribution in [0.5, 0.6) is 0 Å². The number of carbonyl (C=O) groups is 1. The lowest BCUT2D eigenvalue weighted by Gasteiger charge is -2.28. The molecule has 3 rings (SSSR count). The van der Waals surface area contributed by atoms with Crippen LogP contribution in [0.1, 0.15) is 42.1 Å². The van der Waals surface area contributed by atoms with E-state index < -0.39 is 0 Å². The average Bonchev–Trinajstić information content (AvgIpc) is 2.97. The summed E-state index contributed by atoms with van der Waals surface area (Å²) in [5.74, 6) is 3.18. The largest absolute Gasteiger partial charge is 0.368 e. The molecule has 0 atom stereocenters. The molecule has 1 fully saturated rings. The second kappa shape index (κ2) is 8.83. The number of nitrogens with one attached hydrogen (secondary N) is 2. The number of aryl methyl sites for hydroxylation is 3. The average molecular weight is 372 g/mol.